The quantitative estimate of drug-likeness (QED) is 0.879. The van der Waals surface area contributed by atoms with Crippen molar-refractivity contribution < 1.29 is 9.59 Å². The maximum absolute atomic E-state index is 12.4. The first kappa shape index (κ1) is 14.8. The minimum absolute atomic E-state index is 0.0179. The number of benzene rings is 1. The van der Waals surface area contributed by atoms with E-state index < -0.39 is 6.04 Å². The number of amides is 2. The van der Waals surface area contributed by atoms with E-state index in [2.05, 4.69) is 20.7 Å². The summed E-state index contributed by atoms with van der Waals surface area (Å²) in [5, 5.41) is 10.2. The fraction of sp³-hybridized carbons (Fsp3) is 0.231. The highest BCUT2D eigenvalue weighted by Crippen LogP contribution is 2.26. The molecule has 2 N–H and O–H groups in total. The van der Waals surface area contributed by atoms with Crippen molar-refractivity contribution in [3.63, 3.8) is 0 Å². The number of nitrogens with zero attached hydrogens (tertiary/aromatic N) is 3. The fourth-order valence-electron chi connectivity index (χ4n) is 2.23. The molecule has 7 nitrogen and oxygen atoms in total. The Hall–Kier alpha value is -2.12. The summed E-state index contributed by atoms with van der Waals surface area (Å²) in [5.41, 5.74) is 0.451. The molecule has 2 amide bonds. The van der Waals surface area contributed by atoms with Crippen LogP contribution in [0.25, 0.3) is 0 Å². The van der Waals surface area contributed by atoms with E-state index in [1.165, 1.54) is 4.68 Å². The van der Waals surface area contributed by atoms with Crippen LogP contribution in [-0.2, 0) is 9.59 Å². The van der Waals surface area contributed by atoms with Crippen molar-refractivity contribution in [1.29, 1.82) is 0 Å². The average molecular weight is 340 g/mol. The van der Waals surface area contributed by atoms with Crippen LogP contribution < -0.4 is 10.6 Å². The van der Waals surface area contributed by atoms with Crippen LogP contribution in [0.1, 0.15) is 18.3 Å². The Labute approximate surface area is 135 Å². The standard InChI is InChI=1S/C13H11Cl2N5O2/c1-6-16-13-18-11(21)5-10(20(13)19-6)12(22)17-9-3-7(14)2-8(15)4-9/h2-4,10H,5H2,1H3,(H,17,22)(H,16,18,19,21)/t10-/m0/s1. The van der Waals surface area contributed by atoms with Gasteiger partial charge in [0.05, 0.1) is 6.42 Å². The second-order valence-corrected chi connectivity index (χ2v) is 5.72. The molecule has 1 atom stereocenters. The van der Waals surface area contributed by atoms with Crippen molar-refractivity contribution >= 4 is 46.7 Å². The normalized spacial score (nSPS) is 16.9. The molecule has 0 aliphatic carbocycles. The van der Waals surface area contributed by atoms with Gasteiger partial charge < -0.3 is 5.32 Å². The van der Waals surface area contributed by atoms with Crippen LogP contribution in [0, 0.1) is 6.92 Å². The summed E-state index contributed by atoms with van der Waals surface area (Å²) in [6.45, 7) is 1.68. The number of carbonyl (C=O) groups is 2. The number of carbonyl (C=O) groups excluding carboxylic acids is 2. The molecule has 0 bridgehead atoms. The van der Waals surface area contributed by atoms with E-state index in [0.717, 1.165) is 0 Å². The lowest BCUT2D eigenvalue weighted by molar-refractivity contribution is -0.125. The van der Waals surface area contributed by atoms with Crippen LogP contribution >= 0.6 is 23.2 Å². The van der Waals surface area contributed by atoms with Gasteiger partial charge in [0, 0.05) is 15.7 Å². The molecule has 1 aliphatic heterocycles. The van der Waals surface area contributed by atoms with Gasteiger partial charge in [0.25, 0.3) is 0 Å². The number of halogens is 2. The fourth-order valence-corrected chi connectivity index (χ4v) is 2.75. The highest BCUT2D eigenvalue weighted by molar-refractivity contribution is 6.35. The average Bonchev–Trinajstić information content (AvgIpc) is 2.76. The van der Waals surface area contributed by atoms with Gasteiger partial charge in [-0.1, -0.05) is 23.2 Å². The monoisotopic (exact) mass is 339 g/mol. The van der Waals surface area contributed by atoms with Crippen molar-refractivity contribution in [2.45, 2.75) is 19.4 Å². The zero-order valence-corrected chi connectivity index (χ0v) is 12.9. The molecule has 3 rings (SSSR count). The number of nitrogens with one attached hydrogen (secondary N) is 2. The molecule has 2 aromatic rings. The number of aromatic nitrogens is 3. The number of fused-ring (bicyclic) bond motifs is 1. The molecule has 0 spiro atoms. The molecule has 0 unspecified atom stereocenters. The van der Waals surface area contributed by atoms with Gasteiger partial charge in [-0.25, -0.2) is 4.68 Å². The molecule has 0 fully saturated rings. The van der Waals surface area contributed by atoms with Crippen LogP contribution in [0.5, 0.6) is 0 Å². The Balaban J connectivity index is 1.87. The smallest absolute Gasteiger partial charge is 0.249 e. The van der Waals surface area contributed by atoms with Gasteiger partial charge in [-0.05, 0) is 25.1 Å². The van der Waals surface area contributed by atoms with Crippen molar-refractivity contribution in [3.05, 3.63) is 34.1 Å². The minimum atomic E-state index is -0.775. The lowest BCUT2D eigenvalue weighted by Gasteiger charge is -2.22. The maximum atomic E-state index is 12.4. The Kier molecular flexibility index (Phi) is 3.76. The van der Waals surface area contributed by atoms with Gasteiger partial charge in [0.2, 0.25) is 17.8 Å². The van der Waals surface area contributed by atoms with E-state index in [9.17, 15) is 9.59 Å². The van der Waals surface area contributed by atoms with Crippen molar-refractivity contribution in [1.82, 2.24) is 14.8 Å². The lowest BCUT2D eigenvalue weighted by atomic mass is 10.1. The first-order valence-corrected chi connectivity index (χ1v) is 7.18. The predicted octanol–water partition coefficient (Wildman–Crippen LogP) is 2.42. The van der Waals surface area contributed by atoms with E-state index in [1.807, 2.05) is 0 Å². The molecule has 2 heterocycles. The van der Waals surface area contributed by atoms with Gasteiger partial charge in [0.15, 0.2) is 0 Å². The topological polar surface area (TPSA) is 88.9 Å². The number of aryl methyl sites for hydroxylation is 1. The summed E-state index contributed by atoms with van der Waals surface area (Å²) in [4.78, 5) is 28.2. The third kappa shape index (κ3) is 2.90. The van der Waals surface area contributed by atoms with E-state index in [1.54, 1.807) is 25.1 Å². The van der Waals surface area contributed by atoms with Gasteiger partial charge in [-0.2, -0.15) is 10.1 Å². The zero-order valence-electron chi connectivity index (χ0n) is 11.4. The SMILES string of the molecule is Cc1nc2n(n1)[C@H](C(=O)Nc1cc(Cl)cc(Cl)c1)CC(=O)N2. The Morgan fingerprint density at radius 2 is 2.05 bits per heavy atom. The molecule has 22 heavy (non-hydrogen) atoms. The van der Waals surface area contributed by atoms with Crippen LogP contribution in [0.3, 0.4) is 0 Å². The van der Waals surface area contributed by atoms with Crippen LogP contribution in [0.4, 0.5) is 11.6 Å². The van der Waals surface area contributed by atoms with Crippen LogP contribution in [0.15, 0.2) is 18.2 Å². The van der Waals surface area contributed by atoms with E-state index >= 15 is 0 Å². The molecule has 114 valence electrons. The molecular formula is C13H11Cl2N5O2. The third-order valence-corrected chi connectivity index (χ3v) is 3.53. The highest BCUT2D eigenvalue weighted by atomic mass is 35.5. The number of rotatable bonds is 2. The minimum Gasteiger partial charge on any atom is -0.324 e. The summed E-state index contributed by atoms with van der Waals surface area (Å²) in [7, 11) is 0. The molecule has 0 saturated carbocycles. The Morgan fingerprint density at radius 3 is 2.73 bits per heavy atom. The maximum Gasteiger partial charge on any atom is 0.249 e. The first-order valence-electron chi connectivity index (χ1n) is 6.42. The van der Waals surface area contributed by atoms with Gasteiger partial charge in [-0.15, -0.1) is 0 Å². The molecule has 9 heteroatoms. The first-order chi connectivity index (χ1) is 10.4. The summed E-state index contributed by atoms with van der Waals surface area (Å²) in [6.07, 6.45) is -0.0179. The van der Waals surface area contributed by atoms with Crippen LogP contribution in [0.2, 0.25) is 10.0 Å². The van der Waals surface area contributed by atoms with E-state index in [-0.39, 0.29) is 24.2 Å². The number of hydrogen-bond acceptors (Lipinski definition) is 4. The summed E-state index contributed by atoms with van der Waals surface area (Å²) < 4.78 is 1.40. The molecule has 1 aromatic carbocycles. The second-order valence-electron chi connectivity index (χ2n) is 4.84. The molecular weight excluding hydrogens is 329 g/mol. The molecule has 0 radical (unpaired) electrons. The van der Waals surface area contributed by atoms with Crippen molar-refractivity contribution in [2.75, 3.05) is 10.6 Å². The lowest BCUT2D eigenvalue weighted by Crippen LogP contribution is -2.36. The van der Waals surface area contributed by atoms with Crippen molar-refractivity contribution in [2.24, 2.45) is 0 Å². The van der Waals surface area contributed by atoms with Crippen LogP contribution in [-0.4, -0.2) is 26.6 Å². The summed E-state index contributed by atoms with van der Waals surface area (Å²) >= 11 is 11.8. The Bertz CT molecular complexity index is 754. The van der Waals surface area contributed by atoms with E-state index in [0.29, 0.717) is 21.6 Å². The summed E-state index contributed by atoms with van der Waals surface area (Å²) in [5.74, 6) is 0.0577. The van der Waals surface area contributed by atoms with Gasteiger partial charge >= 0.3 is 0 Å². The molecule has 1 aromatic heterocycles. The molecule has 0 saturated heterocycles. The third-order valence-electron chi connectivity index (χ3n) is 3.10. The number of anilines is 2. The second kappa shape index (κ2) is 5.58. The predicted molar refractivity (Wildman–Crippen MR) is 82.1 cm³/mol. The molecule has 1 aliphatic rings. The zero-order chi connectivity index (χ0) is 15.9. The largest absolute Gasteiger partial charge is 0.324 e. The van der Waals surface area contributed by atoms with Crippen molar-refractivity contribution in [3.8, 4) is 0 Å². The number of hydrogen-bond donors (Lipinski definition) is 2. The summed E-state index contributed by atoms with van der Waals surface area (Å²) in [6, 6.07) is 3.93. The van der Waals surface area contributed by atoms with Gasteiger partial charge in [0.1, 0.15) is 11.9 Å². The van der Waals surface area contributed by atoms with E-state index in [4.69, 9.17) is 23.2 Å². The Morgan fingerprint density at radius 1 is 1.36 bits per heavy atom. The van der Waals surface area contributed by atoms with Gasteiger partial charge in [-0.3, -0.25) is 14.9 Å². The highest BCUT2D eigenvalue weighted by Gasteiger charge is 2.32.